The molecular weight excluding hydrogens is 228 g/mol. The molecule has 1 heterocycles. The van der Waals surface area contributed by atoms with Crippen molar-refractivity contribution in [1.82, 2.24) is 0 Å². The zero-order chi connectivity index (χ0) is 12.3. The molecule has 2 aromatic rings. The zero-order valence-electron chi connectivity index (χ0n) is 10.2. The predicted octanol–water partition coefficient (Wildman–Crippen LogP) is 3.68. The number of nitrogens with one attached hydrogen (secondary N) is 1. The van der Waals surface area contributed by atoms with E-state index in [0.717, 1.165) is 17.8 Å². The van der Waals surface area contributed by atoms with Gasteiger partial charge in [0.15, 0.2) is 0 Å². The molecule has 1 aromatic carbocycles. The van der Waals surface area contributed by atoms with Crippen LogP contribution in [-0.4, -0.2) is 6.04 Å². The van der Waals surface area contributed by atoms with E-state index in [2.05, 4.69) is 31.3 Å². The van der Waals surface area contributed by atoms with E-state index in [9.17, 15) is 0 Å². The number of aryl methyl sites for hydroxylation is 1. The fourth-order valence-electron chi connectivity index (χ4n) is 1.84. The standard InChI is InChI=1S/C14H18N2S/c1-10(9-12-8-7-11(2)17-12)16-14-6-4-3-5-13(14)15/h3-8,10,16H,9,15H2,1-2H3. The normalized spacial score (nSPS) is 12.4. The van der Waals surface area contributed by atoms with Crippen molar-refractivity contribution in [1.29, 1.82) is 0 Å². The molecule has 3 heteroatoms. The number of para-hydroxylation sites is 2. The number of rotatable bonds is 4. The Labute approximate surface area is 106 Å². The van der Waals surface area contributed by atoms with Crippen LogP contribution in [0.3, 0.4) is 0 Å². The summed E-state index contributed by atoms with van der Waals surface area (Å²) in [5.74, 6) is 0. The number of benzene rings is 1. The van der Waals surface area contributed by atoms with Crippen molar-refractivity contribution in [3.05, 3.63) is 46.2 Å². The number of nitrogens with two attached hydrogens (primary N) is 1. The van der Waals surface area contributed by atoms with E-state index >= 15 is 0 Å². The second kappa shape index (κ2) is 5.23. The lowest BCUT2D eigenvalue weighted by Crippen LogP contribution is -2.18. The number of nitrogen functional groups attached to an aromatic ring is 1. The third-order valence-corrected chi connectivity index (χ3v) is 3.69. The minimum absolute atomic E-state index is 0.387. The van der Waals surface area contributed by atoms with Crippen molar-refractivity contribution in [2.45, 2.75) is 26.3 Å². The molecule has 2 nitrogen and oxygen atoms in total. The summed E-state index contributed by atoms with van der Waals surface area (Å²) in [5.41, 5.74) is 7.74. The molecule has 0 amide bonds. The molecule has 17 heavy (non-hydrogen) atoms. The Bertz CT molecular complexity index is 490. The van der Waals surface area contributed by atoms with Crippen molar-refractivity contribution >= 4 is 22.7 Å². The Balaban J connectivity index is 1.98. The highest BCUT2D eigenvalue weighted by Gasteiger charge is 2.06. The maximum Gasteiger partial charge on any atom is 0.0576 e. The maximum absolute atomic E-state index is 5.91. The first-order valence-corrected chi connectivity index (χ1v) is 6.63. The fourth-order valence-corrected chi connectivity index (χ4v) is 2.86. The molecule has 3 N–H and O–H groups in total. The summed E-state index contributed by atoms with van der Waals surface area (Å²) in [5, 5.41) is 3.45. The van der Waals surface area contributed by atoms with Crippen LogP contribution in [0.25, 0.3) is 0 Å². The van der Waals surface area contributed by atoms with Crippen LogP contribution < -0.4 is 11.1 Å². The first kappa shape index (κ1) is 12.0. The smallest absolute Gasteiger partial charge is 0.0576 e. The molecule has 1 unspecified atom stereocenters. The number of hydrogen-bond donors (Lipinski definition) is 2. The molecule has 0 aliphatic carbocycles. The summed E-state index contributed by atoms with van der Waals surface area (Å²) in [6.07, 6.45) is 1.03. The van der Waals surface area contributed by atoms with E-state index in [4.69, 9.17) is 5.73 Å². The third-order valence-electron chi connectivity index (χ3n) is 2.67. The first-order chi connectivity index (χ1) is 8.15. The Kier molecular flexibility index (Phi) is 3.69. The van der Waals surface area contributed by atoms with Gasteiger partial charge in [-0.15, -0.1) is 11.3 Å². The van der Waals surface area contributed by atoms with Crippen LogP contribution in [0.2, 0.25) is 0 Å². The van der Waals surface area contributed by atoms with Crippen LogP contribution in [0.15, 0.2) is 36.4 Å². The highest BCUT2D eigenvalue weighted by Crippen LogP contribution is 2.21. The van der Waals surface area contributed by atoms with Gasteiger partial charge in [0.25, 0.3) is 0 Å². The van der Waals surface area contributed by atoms with Gasteiger partial charge in [-0.25, -0.2) is 0 Å². The Morgan fingerprint density at radius 2 is 2.00 bits per heavy atom. The lowest BCUT2D eigenvalue weighted by atomic mass is 10.2. The Hall–Kier alpha value is -1.48. The summed E-state index contributed by atoms with van der Waals surface area (Å²) < 4.78 is 0. The van der Waals surface area contributed by atoms with Gasteiger partial charge in [-0.3, -0.25) is 0 Å². The molecule has 0 spiro atoms. The van der Waals surface area contributed by atoms with Crippen molar-refractivity contribution in [3.63, 3.8) is 0 Å². The molecule has 90 valence electrons. The second-order valence-electron chi connectivity index (χ2n) is 4.35. The molecule has 2 rings (SSSR count). The zero-order valence-corrected chi connectivity index (χ0v) is 11.1. The van der Waals surface area contributed by atoms with Gasteiger partial charge in [0, 0.05) is 22.2 Å². The molecule has 0 fully saturated rings. The Morgan fingerprint density at radius 3 is 2.65 bits per heavy atom. The lowest BCUT2D eigenvalue weighted by Gasteiger charge is -2.15. The van der Waals surface area contributed by atoms with Crippen molar-refractivity contribution < 1.29 is 0 Å². The van der Waals surface area contributed by atoms with E-state index in [0.29, 0.717) is 6.04 Å². The average Bonchev–Trinajstić information content (AvgIpc) is 2.67. The van der Waals surface area contributed by atoms with Gasteiger partial charge >= 0.3 is 0 Å². The summed E-state index contributed by atoms with van der Waals surface area (Å²) in [4.78, 5) is 2.78. The topological polar surface area (TPSA) is 38.0 Å². The fraction of sp³-hybridized carbons (Fsp3) is 0.286. The second-order valence-corrected chi connectivity index (χ2v) is 5.72. The number of thiophene rings is 1. The molecule has 0 saturated heterocycles. The summed E-state index contributed by atoms with van der Waals surface area (Å²) >= 11 is 1.86. The number of hydrogen-bond acceptors (Lipinski definition) is 3. The van der Waals surface area contributed by atoms with Gasteiger partial charge in [-0.05, 0) is 38.1 Å². The highest BCUT2D eigenvalue weighted by atomic mass is 32.1. The van der Waals surface area contributed by atoms with Crippen LogP contribution in [0.5, 0.6) is 0 Å². The number of anilines is 2. The molecule has 0 aliphatic heterocycles. The van der Waals surface area contributed by atoms with Gasteiger partial charge in [0.05, 0.1) is 11.4 Å². The molecular formula is C14H18N2S. The summed E-state index contributed by atoms with van der Waals surface area (Å²) in [7, 11) is 0. The van der Waals surface area contributed by atoms with Crippen molar-refractivity contribution in [2.24, 2.45) is 0 Å². The van der Waals surface area contributed by atoms with Crippen molar-refractivity contribution in [2.75, 3.05) is 11.1 Å². The minimum Gasteiger partial charge on any atom is -0.397 e. The summed E-state index contributed by atoms with van der Waals surface area (Å²) in [6.45, 7) is 4.32. The largest absolute Gasteiger partial charge is 0.397 e. The molecule has 1 atom stereocenters. The molecule has 0 radical (unpaired) electrons. The van der Waals surface area contributed by atoms with E-state index < -0.39 is 0 Å². The molecule has 0 saturated carbocycles. The predicted molar refractivity (Wildman–Crippen MR) is 76.7 cm³/mol. The van der Waals surface area contributed by atoms with Crippen LogP contribution in [0.4, 0.5) is 11.4 Å². The maximum atomic E-state index is 5.91. The van der Waals surface area contributed by atoms with Crippen LogP contribution in [-0.2, 0) is 6.42 Å². The van der Waals surface area contributed by atoms with E-state index in [1.807, 2.05) is 35.6 Å². The average molecular weight is 246 g/mol. The van der Waals surface area contributed by atoms with Gasteiger partial charge in [0.1, 0.15) is 0 Å². The third kappa shape index (κ3) is 3.24. The van der Waals surface area contributed by atoms with Crippen LogP contribution >= 0.6 is 11.3 Å². The molecule has 1 aromatic heterocycles. The monoisotopic (exact) mass is 246 g/mol. The van der Waals surface area contributed by atoms with Crippen molar-refractivity contribution in [3.8, 4) is 0 Å². The molecule has 0 bridgehead atoms. The van der Waals surface area contributed by atoms with Crippen LogP contribution in [0, 0.1) is 6.92 Å². The van der Waals surface area contributed by atoms with E-state index in [1.54, 1.807) is 0 Å². The van der Waals surface area contributed by atoms with E-state index in [-0.39, 0.29) is 0 Å². The lowest BCUT2D eigenvalue weighted by molar-refractivity contribution is 0.801. The Morgan fingerprint density at radius 1 is 1.24 bits per heavy atom. The molecule has 0 aliphatic rings. The quantitative estimate of drug-likeness (QED) is 0.808. The highest BCUT2D eigenvalue weighted by molar-refractivity contribution is 7.11. The van der Waals surface area contributed by atoms with Crippen LogP contribution in [0.1, 0.15) is 16.7 Å². The van der Waals surface area contributed by atoms with E-state index in [1.165, 1.54) is 9.75 Å². The summed E-state index contributed by atoms with van der Waals surface area (Å²) in [6, 6.07) is 12.7. The van der Waals surface area contributed by atoms with Gasteiger partial charge in [-0.1, -0.05) is 12.1 Å². The minimum atomic E-state index is 0.387. The SMILES string of the molecule is Cc1ccc(CC(C)Nc2ccccc2N)s1. The first-order valence-electron chi connectivity index (χ1n) is 5.81. The van der Waals surface area contributed by atoms with Gasteiger partial charge in [-0.2, -0.15) is 0 Å². The van der Waals surface area contributed by atoms with Gasteiger partial charge < -0.3 is 11.1 Å². The van der Waals surface area contributed by atoms with Gasteiger partial charge in [0.2, 0.25) is 0 Å².